The van der Waals surface area contributed by atoms with Crippen LogP contribution in [-0.2, 0) is 11.3 Å². The van der Waals surface area contributed by atoms with Gasteiger partial charge < -0.3 is 9.64 Å². The minimum atomic E-state index is 0.276. The number of hydrogen-bond donors (Lipinski definition) is 0. The number of hydrogen-bond acceptors (Lipinski definition) is 3. The molecule has 4 nitrogen and oxygen atoms in total. The monoisotopic (exact) mass is 260 g/mol. The molecule has 3 rings (SSSR count). The molecule has 102 valence electrons. The summed E-state index contributed by atoms with van der Waals surface area (Å²) in [6.07, 6.45) is 5.10. The number of piperidine rings is 1. The van der Waals surface area contributed by atoms with Crippen LogP contribution in [0.4, 0.5) is 0 Å². The Labute approximate surface area is 113 Å². The van der Waals surface area contributed by atoms with Gasteiger partial charge in [0.25, 0.3) is 0 Å². The third-order valence-corrected chi connectivity index (χ3v) is 4.55. The van der Waals surface area contributed by atoms with Crippen LogP contribution in [-0.4, -0.2) is 28.9 Å². The van der Waals surface area contributed by atoms with Crippen LogP contribution in [0.5, 0.6) is 5.75 Å². The maximum Gasteiger partial charge on any atom is 0.226 e. The highest BCUT2D eigenvalue weighted by Crippen LogP contribution is 2.39. The average molecular weight is 260 g/mol. The average Bonchev–Trinajstić information content (AvgIpc) is 2.96. The van der Waals surface area contributed by atoms with Crippen molar-refractivity contribution in [2.24, 2.45) is 5.92 Å². The van der Waals surface area contributed by atoms with Crippen LogP contribution in [0.2, 0.25) is 0 Å². The summed E-state index contributed by atoms with van der Waals surface area (Å²) in [6, 6.07) is 0.436. The van der Waals surface area contributed by atoms with Crippen molar-refractivity contribution < 1.29 is 9.53 Å². The zero-order valence-electron chi connectivity index (χ0n) is 11.8. The molecule has 0 radical (unpaired) electrons. The lowest BCUT2D eigenvalue weighted by molar-refractivity contribution is -0.134. The van der Waals surface area contributed by atoms with Gasteiger partial charge in [0.2, 0.25) is 5.91 Å². The predicted octanol–water partition coefficient (Wildman–Crippen LogP) is 2.22. The number of aromatic nitrogens is 1. The second-order valence-electron chi connectivity index (χ2n) is 5.68. The molecule has 0 N–H and O–H groups in total. The van der Waals surface area contributed by atoms with E-state index in [2.05, 4.69) is 4.98 Å². The fourth-order valence-corrected chi connectivity index (χ4v) is 3.48. The van der Waals surface area contributed by atoms with E-state index < -0.39 is 0 Å². The zero-order chi connectivity index (χ0) is 13.6. The number of aryl methyl sites for hydroxylation is 1. The van der Waals surface area contributed by atoms with Gasteiger partial charge in [-0.3, -0.25) is 9.78 Å². The maximum absolute atomic E-state index is 12.2. The second-order valence-corrected chi connectivity index (χ2v) is 5.68. The van der Waals surface area contributed by atoms with E-state index >= 15 is 0 Å². The Morgan fingerprint density at radius 1 is 1.42 bits per heavy atom. The topological polar surface area (TPSA) is 42.4 Å². The Hall–Kier alpha value is -1.58. The molecule has 1 aromatic heterocycles. The zero-order valence-corrected chi connectivity index (χ0v) is 11.8. The molecular weight excluding hydrogens is 240 g/mol. The summed E-state index contributed by atoms with van der Waals surface area (Å²) >= 11 is 0. The van der Waals surface area contributed by atoms with E-state index in [9.17, 15) is 4.79 Å². The third kappa shape index (κ3) is 1.90. The van der Waals surface area contributed by atoms with Crippen molar-refractivity contribution in [3.05, 3.63) is 23.0 Å². The van der Waals surface area contributed by atoms with Gasteiger partial charge in [-0.25, -0.2) is 0 Å². The van der Waals surface area contributed by atoms with Gasteiger partial charge in [-0.2, -0.15) is 0 Å². The van der Waals surface area contributed by atoms with E-state index in [4.69, 9.17) is 4.74 Å². The molecule has 1 amide bonds. The molecule has 0 unspecified atom stereocenters. The molecule has 1 saturated heterocycles. The lowest BCUT2D eigenvalue weighted by Crippen LogP contribution is -2.36. The second kappa shape index (κ2) is 4.51. The van der Waals surface area contributed by atoms with E-state index in [1.165, 1.54) is 0 Å². The van der Waals surface area contributed by atoms with Crippen molar-refractivity contribution in [3.63, 3.8) is 0 Å². The fraction of sp³-hybridized carbons (Fsp3) is 0.600. The first-order valence-corrected chi connectivity index (χ1v) is 6.91. The quantitative estimate of drug-likeness (QED) is 0.837. The van der Waals surface area contributed by atoms with Gasteiger partial charge in [0.15, 0.2) is 0 Å². The molecule has 1 saturated carbocycles. The summed E-state index contributed by atoms with van der Waals surface area (Å²) in [5.41, 5.74) is 3.06. The minimum Gasteiger partial charge on any atom is -0.496 e. The van der Waals surface area contributed by atoms with Gasteiger partial charge in [-0.05, 0) is 33.1 Å². The first-order valence-electron chi connectivity index (χ1n) is 6.91. The minimum absolute atomic E-state index is 0.276. The molecule has 2 heterocycles. The van der Waals surface area contributed by atoms with Crippen molar-refractivity contribution in [3.8, 4) is 5.75 Å². The van der Waals surface area contributed by atoms with Crippen molar-refractivity contribution in [1.29, 1.82) is 0 Å². The number of pyridine rings is 1. The lowest BCUT2D eigenvalue weighted by atomic mass is 10.1. The van der Waals surface area contributed by atoms with Crippen LogP contribution in [0.3, 0.4) is 0 Å². The molecule has 0 spiro atoms. The Balaban J connectivity index is 1.86. The van der Waals surface area contributed by atoms with Gasteiger partial charge >= 0.3 is 0 Å². The van der Waals surface area contributed by atoms with E-state index in [0.717, 1.165) is 41.8 Å². The van der Waals surface area contributed by atoms with E-state index in [1.54, 1.807) is 7.11 Å². The molecule has 4 heteroatoms. The smallest absolute Gasteiger partial charge is 0.226 e. The van der Waals surface area contributed by atoms with Crippen LogP contribution >= 0.6 is 0 Å². The number of carbonyl (C=O) groups excluding carboxylic acids is 1. The molecule has 1 aromatic rings. The molecule has 2 bridgehead atoms. The normalized spacial score (nSPS) is 25.2. The highest BCUT2D eigenvalue weighted by molar-refractivity contribution is 5.82. The number of amides is 1. The summed E-state index contributed by atoms with van der Waals surface area (Å²) in [6.45, 7) is 4.64. The third-order valence-electron chi connectivity index (χ3n) is 4.55. The van der Waals surface area contributed by atoms with Gasteiger partial charge in [0.1, 0.15) is 5.75 Å². The lowest BCUT2D eigenvalue weighted by Gasteiger charge is -2.27. The Kier molecular flexibility index (Phi) is 2.96. The predicted molar refractivity (Wildman–Crippen MR) is 71.9 cm³/mol. The first-order chi connectivity index (χ1) is 9.11. The number of methoxy groups -OCH3 is 1. The van der Waals surface area contributed by atoms with Gasteiger partial charge in [-0.1, -0.05) is 0 Å². The number of carbonyl (C=O) groups is 1. The van der Waals surface area contributed by atoms with E-state index in [1.807, 2.05) is 24.9 Å². The maximum atomic E-state index is 12.2. The Bertz CT molecular complexity index is 527. The molecule has 19 heavy (non-hydrogen) atoms. The fourth-order valence-electron chi connectivity index (χ4n) is 3.48. The van der Waals surface area contributed by atoms with Crippen LogP contribution in [0.15, 0.2) is 6.20 Å². The number of rotatable bonds is 3. The number of fused-ring (bicyclic) bond motifs is 2. The summed E-state index contributed by atoms with van der Waals surface area (Å²) in [7, 11) is 1.68. The molecular formula is C15H20N2O2. The Morgan fingerprint density at radius 3 is 2.84 bits per heavy atom. The van der Waals surface area contributed by atoms with Crippen molar-refractivity contribution >= 4 is 5.91 Å². The summed E-state index contributed by atoms with van der Waals surface area (Å²) in [4.78, 5) is 18.7. The van der Waals surface area contributed by atoms with Crippen molar-refractivity contribution in [1.82, 2.24) is 9.88 Å². The van der Waals surface area contributed by atoms with Crippen LogP contribution in [0.25, 0.3) is 0 Å². The SMILES string of the molecule is COc1c(C)cnc(CN2C(=O)[C@@H]3CC[C@H]2C3)c1C. The first kappa shape index (κ1) is 12.5. The van der Waals surface area contributed by atoms with Gasteiger partial charge in [-0.15, -0.1) is 0 Å². The summed E-state index contributed by atoms with van der Waals surface area (Å²) in [5, 5.41) is 0. The molecule has 1 aliphatic carbocycles. The number of ether oxygens (including phenoxy) is 1. The molecule has 1 aliphatic heterocycles. The molecule has 2 aliphatic rings. The summed E-state index contributed by atoms with van der Waals surface area (Å²) < 4.78 is 5.43. The van der Waals surface area contributed by atoms with Gasteiger partial charge in [0, 0.05) is 29.3 Å². The number of nitrogens with zero attached hydrogens (tertiary/aromatic N) is 2. The van der Waals surface area contributed by atoms with Crippen LogP contribution < -0.4 is 4.74 Å². The van der Waals surface area contributed by atoms with Gasteiger partial charge in [0.05, 0.1) is 19.3 Å². The largest absolute Gasteiger partial charge is 0.496 e. The van der Waals surface area contributed by atoms with Crippen molar-refractivity contribution in [2.75, 3.05) is 7.11 Å². The standard InChI is InChI=1S/C15H20N2O2/c1-9-7-16-13(10(2)14(9)19-3)8-17-12-5-4-11(6-12)15(17)18/h7,11-12H,4-6,8H2,1-3H3/t11-,12+/m1/s1. The Morgan fingerprint density at radius 2 is 2.21 bits per heavy atom. The molecule has 2 atom stereocenters. The van der Waals surface area contributed by atoms with Crippen LogP contribution in [0, 0.1) is 19.8 Å². The summed E-state index contributed by atoms with van der Waals surface area (Å²) in [5.74, 6) is 1.48. The van der Waals surface area contributed by atoms with Crippen molar-refractivity contribution in [2.45, 2.75) is 45.7 Å². The highest BCUT2D eigenvalue weighted by Gasteiger charge is 2.44. The molecule has 2 fully saturated rings. The van der Waals surface area contributed by atoms with Crippen LogP contribution in [0.1, 0.15) is 36.1 Å². The number of likely N-dealkylation sites (tertiary alicyclic amines) is 1. The van der Waals surface area contributed by atoms with E-state index in [0.29, 0.717) is 18.5 Å². The highest BCUT2D eigenvalue weighted by atomic mass is 16.5. The van der Waals surface area contributed by atoms with E-state index in [-0.39, 0.29) is 5.92 Å². The molecule has 0 aromatic carbocycles.